The van der Waals surface area contributed by atoms with Gasteiger partial charge in [0.2, 0.25) is 10.0 Å². The van der Waals surface area contributed by atoms with Gasteiger partial charge in [0.1, 0.15) is 18.9 Å². The molecule has 0 spiro atoms. The second-order valence-electron chi connectivity index (χ2n) is 5.57. The highest BCUT2D eigenvalue weighted by Gasteiger charge is 2.20. The highest BCUT2D eigenvalue weighted by atomic mass is 32.2. The molecular formula is C19H21N3O4S. The van der Waals surface area contributed by atoms with Crippen LogP contribution >= 0.6 is 0 Å². The summed E-state index contributed by atoms with van der Waals surface area (Å²) in [4.78, 5) is 12.1. The molecule has 0 saturated carbocycles. The summed E-state index contributed by atoms with van der Waals surface area (Å²) in [6, 6.07) is 15.5. The van der Waals surface area contributed by atoms with Crippen LogP contribution in [0.3, 0.4) is 0 Å². The zero-order valence-electron chi connectivity index (χ0n) is 14.9. The molecule has 0 fully saturated rings. The largest absolute Gasteiger partial charge is 0.490 e. The van der Waals surface area contributed by atoms with Crippen molar-refractivity contribution in [3.8, 4) is 5.75 Å². The van der Waals surface area contributed by atoms with Crippen LogP contribution in [0, 0.1) is 0 Å². The Labute approximate surface area is 159 Å². The van der Waals surface area contributed by atoms with Crippen molar-refractivity contribution in [3.63, 3.8) is 0 Å². The normalized spacial score (nSPS) is 11.1. The van der Waals surface area contributed by atoms with E-state index >= 15 is 0 Å². The Bertz CT molecular complexity index is 912. The second-order valence-corrected chi connectivity index (χ2v) is 7.48. The van der Waals surface area contributed by atoms with Gasteiger partial charge in [0.25, 0.3) is 5.91 Å². The van der Waals surface area contributed by atoms with Crippen LogP contribution in [0.1, 0.15) is 5.56 Å². The Hall–Kier alpha value is -3.13. The molecule has 7 nitrogen and oxygen atoms in total. The minimum Gasteiger partial charge on any atom is -0.490 e. The highest BCUT2D eigenvalue weighted by molar-refractivity contribution is 7.92. The summed E-state index contributed by atoms with van der Waals surface area (Å²) >= 11 is 0. The lowest BCUT2D eigenvalue weighted by Crippen LogP contribution is -2.38. The molecule has 2 aromatic rings. The van der Waals surface area contributed by atoms with Crippen LogP contribution in [0.15, 0.2) is 72.4 Å². The molecule has 0 aliphatic carbocycles. The molecule has 0 aromatic heterocycles. The quantitative estimate of drug-likeness (QED) is 0.406. The van der Waals surface area contributed by atoms with E-state index in [0.717, 1.165) is 16.1 Å². The van der Waals surface area contributed by atoms with E-state index in [0.29, 0.717) is 18.0 Å². The van der Waals surface area contributed by atoms with Gasteiger partial charge in [-0.15, -0.1) is 0 Å². The van der Waals surface area contributed by atoms with Crippen molar-refractivity contribution in [2.45, 2.75) is 0 Å². The number of sulfonamides is 1. The number of rotatable bonds is 9. The summed E-state index contributed by atoms with van der Waals surface area (Å²) in [6.45, 7) is 3.60. The van der Waals surface area contributed by atoms with E-state index < -0.39 is 15.9 Å². The molecule has 1 N–H and O–H groups in total. The first-order chi connectivity index (χ1) is 12.9. The number of nitrogens with one attached hydrogen (secondary N) is 1. The number of carbonyl (C=O) groups excluding carboxylic acids is 1. The minimum absolute atomic E-state index is 0.372. The molecule has 0 saturated heterocycles. The fourth-order valence-electron chi connectivity index (χ4n) is 2.18. The van der Waals surface area contributed by atoms with Gasteiger partial charge < -0.3 is 4.74 Å². The summed E-state index contributed by atoms with van der Waals surface area (Å²) < 4.78 is 30.4. The first-order valence-corrected chi connectivity index (χ1v) is 9.93. The van der Waals surface area contributed by atoms with E-state index in [9.17, 15) is 13.2 Å². The second kappa shape index (κ2) is 9.54. The minimum atomic E-state index is -3.61. The van der Waals surface area contributed by atoms with E-state index in [2.05, 4.69) is 17.1 Å². The van der Waals surface area contributed by atoms with Gasteiger partial charge in [0.15, 0.2) is 0 Å². The Morgan fingerprint density at radius 3 is 2.63 bits per heavy atom. The van der Waals surface area contributed by atoms with Gasteiger partial charge >= 0.3 is 0 Å². The number of hydrogen-bond donors (Lipinski definition) is 1. The van der Waals surface area contributed by atoms with Crippen molar-refractivity contribution < 1.29 is 17.9 Å². The average Bonchev–Trinajstić information content (AvgIpc) is 2.64. The van der Waals surface area contributed by atoms with Crippen LogP contribution in [-0.4, -0.2) is 39.9 Å². The lowest BCUT2D eigenvalue weighted by atomic mass is 10.2. The number of carbonyl (C=O) groups is 1. The summed E-state index contributed by atoms with van der Waals surface area (Å²) in [5, 5.41) is 3.87. The van der Waals surface area contributed by atoms with Gasteiger partial charge in [-0.05, 0) is 29.8 Å². The Morgan fingerprint density at radius 2 is 1.96 bits per heavy atom. The summed E-state index contributed by atoms with van der Waals surface area (Å²) in [7, 11) is -3.61. The number of hydrazone groups is 1. The maximum atomic E-state index is 12.1. The lowest BCUT2D eigenvalue weighted by molar-refractivity contribution is -0.119. The third kappa shape index (κ3) is 6.59. The van der Waals surface area contributed by atoms with Crippen molar-refractivity contribution in [2.24, 2.45) is 5.10 Å². The fraction of sp³-hybridized carbons (Fsp3) is 0.158. The van der Waals surface area contributed by atoms with Gasteiger partial charge in [0, 0.05) is 0 Å². The average molecular weight is 387 g/mol. The number of ether oxygens (including phenoxy) is 1. The Balaban J connectivity index is 2.00. The van der Waals surface area contributed by atoms with Gasteiger partial charge in [-0.3, -0.25) is 9.10 Å². The summed E-state index contributed by atoms with van der Waals surface area (Å²) in [5.41, 5.74) is 3.46. The van der Waals surface area contributed by atoms with Gasteiger partial charge in [-0.25, -0.2) is 13.8 Å². The predicted molar refractivity (Wildman–Crippen MR) is 107 cm³/mol. The molecular weight excluding hydrogens is 366 g/mol. The maximum Gasteiger partial charge on any atom is 0.260 e. The molecule has 1 amide bonds. The van der Waals surface area contributed by atoms with Crippen molar-refractivity contribution in [1.29, 1.82) is 0 Å². The molecule has 0 aliphatic heterocycles. The van der Waals surface area contributed by atoms with E-state index in [1.165, 1.54) is 6.21 Å². The van der Waals surface area contributed by atoms with E-state index in [1.54, 1.807) is 60.7 Å². The van der Waals surface area contributed by atoms with Crippen LogP contribution < -0.4 is 14.5 Å². The van der Waals surface area contributed by atoms with Crippen LogP contribution in [0.4, 0.5) is 5.69 Å². The molecule has 2 rings (SSSR count). The SMILES string of the molecule is C=CCOc1cccc(/C=N\NC(=O)CN(c2ccccc2)S(C)(=O)=O)c1. The first-order valence-electron chi connectivity index (χ1n) is 8.08. The molecule has 0 aliphatic rings. The molecule has 0 unspecified atom stereocenters. The molecule has 0 radical (unpaired) electrons. The predicted octanol–water partition coefficient (Wildman–Crippen LogP) is 2.17. The van der Waals surface area contributed by atoms with Crippen LogP contribution in [0.25, 0.3) is 0 Å². The van der Waals surface area contributed by atoms with Gasteiger partial charge in [0.05, 0.1) is 18.2 Å². The molecule has 2 aromatic carbocycles. The Morgan fingerprint density at radius 1 is 1.22 bits per heavy atom. The molecule has 27 heavy (non-hydrogen) atoms. The van der Waals surface area contributed by atoms with Crippen molar-refractivity contribution >= 4 is 27.8 Å². The summed E-state index contributed by atoms with van der Waals surface area (Å²) in [5.74, 6) is 0.0945. The third-order valence-electron chi connectivity index (χ3n) is 3.36. The number of benzene rings is 2. The Kier molecular flexibility index (Phi) is 7.13. The number of para-hydroxylation sites is 1. The lowest BCUT2D eigenvalue weighted by Gasteiger charge is -2.21. The monoisotopic (exact) mass is 387 g/mol. The number of hydrogen-bond acceptors (Lipinski definition) is 5. The number of anilines is 1. The van der Waals surface area contributed by atoms with E-state index in [4.69, 9.17) is 4.74 Å². The van der Waals surface area contributed by atoms with Crippen LogP contribution in [0.2, 0.25) is 0 Å². The van der Waals surface area contributed by atoms with Crippen molar-refractivity contribution in [2.75, 3.05) is 23.7 Å². The topological polar surface area (TPSA) is 88.1 Å². The van der Waals surface area contributed by atoms with Crippen LogP contribution in [0.5, 0.6) is 5.75 Å². The molecule has 0 bridgehead atoms. The maximum absolute atomic E-state index is 12.1. The third-order valence-corrected chi connectivity index (χ3v) is 4.50. The summed E-state index contributed by atoms with van der Waals surface area (Å²) in [6.07, 6.45) is 4.14. The molecule has 142 valence electrons. The smallest absolute Gasteiger partial charge is 0.260 e. The number of nitrogens with zero attached hydrogens (tertiary/aromatic N) is 2. The highest BCUT2D eigenvalue weighted by Crippen LogP contribution is 2.16. The van der Waals surface area contributed by atoms with Gasteiger partial charge in [-0.2, -0.15) is 5.10 Å². The standard InChI is InChI=1S/C19H21N3O4S/c1-3-12-26-18-11-7-8-16(13-18)14-20-21-19(23)15-22(27(2,24)25)17-9-5-4-6-10-17/h3-11,13-14H,1,12,15H2,2H3,(H,21,23)/b20-14-. The fourth-order valence-corrected chi connectivity index (χ4v) is 3.04. The first kappa shape index (κ1) is 20.2. The van der Waals surface area contributed by atoms with E-state index in [1.807, 2.05) is 0 Å². The van der Waals surface area contributed by atoms with Crippen molar-refractivity contribution in [1.82, 2.24) is 5.43 Å². The van der Waals surface area contributed by atoms with Gasteiger partial charge in [-0.1, -0.05) is 43.0 Å². The molecule has 0 atom stereocenters. The zero-order valence-corrected chi connectivity index (χ0v) is 15.7. The molecule has 0 heterocycles. The van der Waals surface area contributed by atoms with Crippen molar-refractivity contribution in [3.05, 3.63) is 72.8 Å². The van der Waals surface area contributed by atoms with Crippen LogP contribution in [-0.2, 0) is 14.8 Å². The molecule has 8 heteroatoms. The number of amides is 1. The van der Waals surface area contributed by atoms with E-state index in [-0.39, 0.29) is 6.54 Å². The zero-order chi connectivity index (χ0) is 19.7.